The summed E-state index contributed by atoms with van der Waals surface area (Å²) in [7, 11) is 1.63. The molecule has 1 unspecified atom stereocenters. The number of methoxy groups -OCH3 is 1. The van der Waals surface area contributed by atoms with Crippen LogP contribution in [-0.2, 0) is 4.79 Å². The number of thioether (sulfide) groups is 1. The quantitative estimate of drug-likeness (QED) is 0.777. The van der Waals surface area contributed by atoms with Crippen LogP contribution in [0.15, 0.2) is 48.5 Å². The zero-order chi connectivity index (χ0) is 16.9. The number of benzene rings is 2. The number of hydrogen-bond acceptors (Lipinski definition) is 4. The summed E-state index contributed by atoms with van der Waals surface area (Å²) in [6, 6.07) is 15.1. The maximum absolute atomic E-state index is 12.2. The fourth-order valence-electron chi connectivity index (χ4n) is 2.56. The van der Waals surface area contributed by atoms with Gasteiger partial charge in [0, 0.05) is 10.6 Å². The van der Waals surface area contributed by atoms with Crippen molar-refractivity contribution < 1.29 is 14.3 Å². The van der Waals surface area contributed by atoms with E-state index in [9.17, 15) is 4.79 Å². The normalized spacial score (nSPS) is 17.2. The van der Waals surface area contributed by atoms with Gasteiger partial charge in [-0.1, -0.05) is 29.8 Å². The lowest BCUT2D eigenvalue weighted by Gasteiger charge is -2.25. The Morgan fingerprint density at radius 2 is 1.88 bits per heavy atom. The van der Waals surface area contributed by atoms with E-state index >= 15 is 0 Å². The molecule has 1 aliphatic rings. The first-order valence-corrected chi connectivity index (χ1v) is 9.04. The highest BCUT2D eigenvalue weighted by Crippen LogP contribution is 2.41. The summed E-state index contributed by atoms with van der Waals surface area (Å²) in [5.74, 6) is 2.12. The fourth-order valence-corrected chi connectivity index (χ4v) is 4.12. The van der Waals surface area contributed by atoms with E-state index in [1.807, 2.05) is 53.4 Å². The van der Waals surface area contributed by atoms with Gasteiger partial charge in [0.15, 0.2) is 0 Å². The summed E-state index contributed by atoms with van der Waals surface area (Å²) in [5.41, 5.74) is 0.972. The third-order valence-electron chi connectivity index (χ3n) is 3.80. The smallest absolute Gasteiger partial charge is 0.233 e. The second-order valence-electron chi connectivity index (χ2n) is 5.30. The molecule has 2 aromatic carbocycles. The van der Waals surface area contributed by atoms with E-state index in [1.54, 1.807) is 18.9 Å². The predicted octanol–water partition coefficient (Wildman–Crippen LogP) is 4.00. The molecule has 0 aromatic heterocycles. The lowest BCUT2D eigenvalue weighted by Crippen LogP contribution is -2.32. The van der Waals surface area contributed by atoms with Crippen molar-refractivity contribution in [3.63, 3.8) is 0 Å². The van der Waals surface area contributed by atoms with Crippen LogP contribution in [0.2, 0.25) is 5.02 Å². The van der Waals surface area contributed by atoms with Gasteiger partial charge in [0.2, 0.25) is 5.91 Å². The van der Waals surface area contributed by atoms with Gasteiger partial charge < -0.3 is 14.4 Å². The Bertz CT molecular complexity index is 708. The first kappa shape index (κ1) is 17.0. The van der Waals surface area contributed by atoms with E-state index in [4.69, 9.17) is 21.1 Å². The second-order valence-corrected chi connectivity index (χ2v) is 6.77. The molecule has 1 amide bonds. The van der Waals surface area contributed by atoms with Gasteiger partial charge in [0.1, 0.15) is 23.5 Å². The van der Waals surface area contributed by atoms with Gasteiger partial charge in [0.25, 0.3) is 0 Å². The van der Waals surface area contributed by atoms with Crippen molar-refractivity contribution in [2.75, 3.05) is 26.0 Å². The summed E-state index contributed by atoms with van der Waals surface area (Å²) >= 11 is 7.88. The number of amides is 1. The van der Waals surface area contributed by atoms with Gasteiger partial charge in [-0.25, -0.2) is 0 Å². The Morgan fingerprint density at radius 3 is 2.58 bits per heavy atom. The average Bonchev–Trinajstić information content (AvgIpc) is 2.97. The van der Waals surface area contributed by atoms with E-state index in [1.165, 1.54) is 0 Å². The maximum atomic E-state index is 12.2. The first-order chi connectivity index (χ1) is 11.7. The minimum atomic E-state index is -0.0503. The molecule has 1 heterocycles. The molecule has 126 valence electrons. The molecule has 4 nitrogen and oxygen atoms in total. The zero-order valence-electron chi connectivity index (χ0n) is 13.3. The highest BCUT2D eigenvalue weighted by molar-refractivity contribution is 8.00. The molecule has 0 spiro atoms. The lowest BCUT2D eigenvalue weighted by molar-refractivity contribution is -0.128. The van der Waals surface area contributed by atoms with Crippen molar-refractivity contribution in [2.24, 2.45) is 0 Å². The molecule has 0 aliphatic carbocycles. The standard InChI is InChI=1S/C18H18ClNO3S/c1-22-13-6-8-14(9-7-13)23-11-10-20-17(21)12-24-18(20)15-4-2-3-5-16(15)19/h2-9,18H,10-12H2,1H3. The van der Waals surface area contributed by atoms with Gasteiger partial charge in [0.05, 0.1) is 19.4 Å². The van der Waals surface area contributed by atoms with Gasteiger partial charge >= 0.3 is 0 Å². The predicted molar refractivity (Wildman–Crippen MR) is 96.9 cm³/mol. The second kappa shape index (κ2) is 7.81. The number of nitrogens with zero attached hydrogens (tertiary/aromatic N) is 1. The van der Waals surface area contributed by atoms with Crippen LogP contribution < -0.4 is 9.47 Å². The van der Waals surface area contributed by atoms with Crippen LogP contribution in [0.5, 0.6) is 11.5 Å². The summed E-state index contributed by atoms with van der Waals surface area (Å²) < 4.78 is 10.9. The van der Waals surface area contributed by atoms with E-state index in [0.29, 0.717) is 23.9 Å². The van der Waals surface area contributed by atoms with Crippen molar-refractivity contribution in [3.8, 4) is 11.5 Å². The average molecular weight is 364 g/mol. The lowest BCUT2D eigenvalue weighted by atomic mass is 10.2. The molecule has 0 N–H and O–H groups in total. The Hall–Kier alpha value is -1.85. The van der Waals surface area contributed by atoms with Crippen LogP contribution in [0.1, 0.15) is 10.9 Å². The molecule has 0 bridgehead atoms. The van der Waals surface area contributed by atoms with E-state index in [-0.39, 0.29) is 11.3 Å². The molecule has 1 fully saturated rings. The largest absolute Gasteiger partial charge is 0.497 e. The minimum Gasteiger partial charge on any atom is -0.497 e. The molecule has 6 heteroatoms. The molecular weight excluding hydrogens is 346 g/mol. The minimum absolute atomic E-state index is 0.0503. The molecule has 24 heavy (non-hydrogen) atoms. The number of carbonyl (C=O) groups is 1. The van der Waals surface area contributed by atoms with E-state index < -0.39 is 0 Å². The third kappa shape index (κ3) is 3.79. The molecule has 0 saturated carbocycles. The summed E-state index contributed by atoms with van der Waals surface area (Å²) in [6.45, 7) is 0.952. The van der Waals surface area contributed by atoms with Crippen molar-refractivity contribution in [2.45, 2.75) is 5.37 Å². The number of carbonyl (C=O) groups excluding carboxylic acids is 1. The summed E-state index contributed by atoms with van der Waals surface area (Å²) in [4.78, 5) is 14.0. The zero-order valence-corrected chi connectivity index (χ0v) is 14.8. The molecular formula is C18H18ClNO3S. The Morgan fingerprint density at radius 1 is 1.17 bits per heavy atom. The van der Waals surface area contributed by atoms with Crippen LogP contribution in [0.3, 0.4) is 0 Å². The van der Waals surface area contributed by atoms with Crippen molar-refractivity contribution in [1.82, 2.24) is 4.90 Å². The van der Waals surface area contributed by atoms with Crippen molar-refractivity contribution in [1.29, 1.82) is 0 Å². The maximum Gasteiger partial charge on any atom is 0.233 e. The molecule has 1 atom stereocenters. The Balaban J connectivity index is 1.62. The first-order valence-electron chi connectivity index (χ1n) is 7.61. The van der Waals surface area contributed by atoms with Gasteiger partial charge in [-0.15, -0.1) is 11.8 Å². The number of halogens is 1. The van der Waals surface area contributed by atoms with Crippen LogP contribution >= 0.6 is 23.4 Å². The number of hydrogen-bond donors (Lipinski definition) is 0. The highest BCUT2D eigenvalue weighted by atomic mass is 35.5. The van der Waals surface area contributed by atoms with Crippen molar-refractivity contribution in [3.05, 3.63) is 59.1 Å². The Kier molecular flexibility index (Phi) is 5.53. The van der Waals surface area contributed by atoms with Gasteiger partial charge in [-0.2, -0.15) is 0 Å². The van der Waals surface area contributed by atoms with Gasteiger partial charge in [-0.05, 0) is 30.3 Å². The molecule has 0 radical (unpaired) electrons. The molecule has 3 rings (SSSR count). The Labute approximate surface area is 150 Å². The highest BCUT2D eigenvalue weighted by Gasteiger charge is 2.33. The van der Waals surface area contributed by atoms with Crippen LogP contribution in [0, 0.1) is 0 Å². The van der Waals surface area contributed by atoms with Crippen LogP contribution in [0.25, 0.3) is 0 Å². The van der Waals surface area contributed by atoms with E-state index in [0.717, 1.165) is 17.1 Å². The van der Waals surface area contributed by atoms with Crippen molar-refractivity contribution >= 4 is 29.3 Å². The number of ether oxygens (including phenoxy) is 2. The summed E-state index contributed by atoms with van der Waals surface area (Å²) in [5, 5.41) is 0.636. The van der Waals surface area contributed by atoms with Crippen LogP contribution in [0.4, 0.5) is 0 Å². The molecule has 1 saturated heterocycles. The number of rotatable bonds is 6. The van der Waals surface area contributed by atoms with Gasteiger partial charge in [-0.3, -0.25) is 4.79 Å². The SMILES string of the molecule is COc1ccc(OCCN2C(=O)CSC2c2ccccc2Cl)cc1. The fraction of sp³-hybridized carbons (Fsp3) is 0.278. The summed E-state index contributed by atoms with van der Waals surface area (Å²) in [6.07, 6.45) is 0. The third-order valence-corrected chi connectivity index (χ3v) is 5.38. The van der Waals surface area contributed by atoms with E-state index in [2.05, 4.69) is 0 Å². The molecule has 1 aliphatic heterocycles. The topological polar surface area (TPSA) is 38.8 Å². The van der Waals surface area contributed by atoms with Crippen LogP contribution in [-0.4, -0.2) is 36.8 Å². The molecule has 2 aromatic rings. The monoisotopic (exact) mass is 363 g/mol.